The second-order valence-corrected chi connectivity index (χ2v) is 5.51. The summed E-state index contributed by atoms with van der Waals surface area (Å²) in [5.41, 5.74) is 0.297. The van der Waals surface area contributed by atoms with Crippen molar-refractivity contribution in [3.63, 3.8) is 0 Å². The van der Waals surface area contributed by atoms with E-state index in [2.05, 4.69) is 34.6 Å². The van der Waals surface area contributed by atoms with Gasteiger partial charge in [-0.2, -0.15) is 0 Å². The Morgan fingerprint density at radius 3 is 2.21 bits per heavy atom. The minimum Gasteiger partial charge on any atom is -0.393 e. The molecule has 0 spiro atoms. The van der Waals surface area contributed by atoms with Crippen molar-refractivity contribution in [2.24, 2.45) is 11.3 Å². The van der Waals surface area contributed by atoms with Crippen LogP contribution in [0.15, 0.2) is 0 Å². The molecule has 0 bridgehead atoms. The summed E-state index contributed by atoms with van der Waals surface area (Å²) < 4.78 is 0. The van der Waals surface area contributed by atoms with Gasteiger partial charge in [0.1, 0.15) is 0 Å². The zero-order valence-corrected chi connectivity index (χ0v) is 10.6. The Morgan fingerprint density at radius 2 is 1.79 bits per heavy atom. The van der Waals surface area contributed by atoms with E-state index < -0.39 is 0 Å². The Labute approximate surface area is 89.9 Å². The van der Waals surface area contributed by atoms with Crippen molar-refractivity contribution in [3.05, 3.63) is 0 Å². The van der Waals surface area contributed by atoms with E-state index in [9.17, 15) is 5.11 Å². The van der Waals surface area contributed by atoms with Gasteiger partial charge < -0.3 is 5.11 Å². The average Bonchev–Trinajstić information content (AvgIpc) is 2.03. The molecule has 1 nitrogen and oxygen atoms in total. The predicted molar refractivity (Wildman–Crippen MR) is 63.4 cm³/mol. The molecule has 0 amide bonds. The van der Waals surface area contributed by atoms with Crippen LogP contribution in [-0.2, 0) is 0 Å². The third kappa shape index (κ3) is 6.42. The normalized spacial score (nSPS) is 16.7. The Bertz CT molecular complexity index is 140. The van der Waals surface area contributed by atoms with Crippen LogP contribution in [0, 0.1) is 11.3 Å². The van der Waals surface area contributed by atoms with Gasteiger partial charge in [0.05, 0.1) is 6.10 Å². The molecule has 14 heavy (non-hydrogen) atoms. The van der Waals surface area contributed by atoms with E-state index in [0.717, 1.165) is 19.3 Å². The van der Waals surface area contributed by atoms with Crippen LogP contribution in [0.5, 0.6) is 0 Å². The summed E-state index contributed by atoms with van der Waals surface area (Å²) in [4.78, 5) is 0. The molecule has 0 fully saturated rings. The van der Waals surface area contributed by atoms with Crippen molar-refractivity contribution in [1.29, 1.82) is 0 Å². The smallest absolute Gasteiger partial charge is 0.0547 e. The van der Waals surface area contributed by atoms with Crippen molar-refractivity contribution in [2.45, 2.75) is 72.8 Å². The van der Waals surface area contributed by atoms with E-state index in [-0.39, 0.29) is 6.10 Å². The maximum Gasteiger partial charge on any atom is 0.0547 e. The van der Waals surface area contributed by atoms with Crippen LogP contribution in [0.1, 0.15) is 66.7 Å². The molecular formula is C13H28O. The fraction of sp³-hybridized carbons (Fsp3) is 1.00. The number of hydrogen-bond acceptors (Lipinski definition) is 1. The molecule has 0 radical (unpaired) electrons. The third-order valence-corrected chi connectivity index (χ3v) is 3.20. The largest absolute Gasteiger partial charge is 0.393 e. The Balaban J connectivity index is 3.79. The first-order valence-electron chi connectivity index (χ1n) is 6.09. The van der Waals surface area contributed by atoms with Crippen LogP contribution >= 0.6 is 0 Å². The van der Waals surface area contributed by atoms with Gasteiger partial charge in [-0.25, -0.2) is 0 Å². The third-order valence-electron chi connectivity index (χ3n) is 3.20. The maximum absolute atomic E-state index is 9.91. The molecule has 0 aliphatic rings. The van der Waals surface area contributed by atoms with Crippen LogP contribution in [0.25, 0.3) is 0 Å². The van der Waals surface area contributed by atoms with E-state index in [1.807, 2.05) is 0 Å². The first-order valence-corrected chi connectivity index (χ1v) is 6.09. The molecule has 86 valence electrons. The summed E-state index contributed by atoms with van der Waals surface area (Å²) in [6, 6.07) is 0. The monoisotopic (exact) mass is 200 g/mol. The van der Waals surface area contributed by atoms with Gasteiger partial charge in [0.15, 0.2) is 0 Å². The van der Waals surface area contributed by atoms with Gasteiger partial charge >= 0.3 is 0 Å². The van der Waals surface area contributed by atoms with Gasteiger partial charge in [0.25, 0.3) is 0 Å². The summed E-state index contributed by atoms with van der Waals surface area (Å²) in [6.45, 7) is 11.1. The predicted octanol–water partition coefficient (Wildman–Crippen LogP) is 4.00. The SMILES string of the molecule is CCCC(C)CC(O)CC(C)(C)CC. The molecule has 0 saturated carbocycles. The first-order chi connectivity index (χ1) is 6.41. The molecule has 1 N–H and O–H groups in total. The van der Waals surface area contributed by atoms with Gasteiger partial charge in [-0.15, -0.1) is 0 Å². The number of rotatable bonds is 7. The van der Waals surface area contributed by atoms with Crippen LogP contribution in [0.4, 0.5) is 0 Å². The van der Waals surface area contributed by atoms with Gasteiger partial charge in [0.2, 0.25) is 0 Å². The Kier molecular flexibility index (Phi) is 6.43. The summed E-state index contributed by atoms with van der Waals surface area (Å²) in [5, 5.41) is 9.91. The molecular weight excluding hydrogens is 172 g/mol. The van der Waals surface area contributed by atoms with E-state index in [4.69, 9.17) is 0 Å². The van der Waals surface area contributed by atoms with Gasteiger partial charge in [-0.3, -0.25) is 0 Å². The highest BCUT2D eigenvalue weighted by molar-refractivity contribution is 4.72. The highest BCUT2D eigenvalue weighted by atomic mass is 16.3. The van der Waals surface area contributed by atoms with Crippen molar-refractivity contribution >= 4 is 0 Å². The van der Waals surface area contributed by atoms with E-state index in [0.29, 0.717) is 11.3 Å². The molecule has 2 atom stereocenters. The fourth-order valence-electron chi connectivity index (χ4n) is 1.94. The minimum absolute atomic E-state index is 0.105. The van der Waals surface area contributed by atoms with E-state index >= 15 is 0 Å². The van der Waals surface area contributed by atoms with E-state index in [1.54, 1.807) is 0 Å². The molecule has 0 aromatic heterocycles. The summed E-state index contributed by atoms with van der Waals surface area (Å²) in [5.74, 6) is 0.669. The van der Waals surface area contributed by atoms with Crippen LogP contribution in [-0.4, -0.2) is 11.2 Å². The maximum atomic E-state index is 9.91. The topological polar surface area (TPSA) is 20.2 Å². The molecule has 2 unspecified atom stereocenters. The Hall–Kier alpha value is -0.0400. The molecule has 0 saturated heterocycles. The highest BCUT2D eigenvalue weighted by Gasteiger charge is 2.21. The second-order valence-electron chi connectivity index (χ2n) is 5.51. The summed E-state index contributed by atoms with van der Waals surface area (Å²) in [6.07, 6.45) is 5.42. The van der Waals surface area contributed by atoms with E-state index in [1.165, 1.54) is 12.8 Å². The number of aliphatic hydroxyl groups excluding tert-OH is 1. The van der Waals surface area contributed by atoms with Crippen LogP contribution in [0.2, 0.25) is 0 Å². The molecule has 1 heteroatoms. The van der Waals surface area contributed by atoms with Crippen molar-refractivity contribution in [3.8, 4) is 0 Å². The van der Waals surface area contributed by atoms with Gasteiger partial charge in [-0.1, -0.05) is 53.9 Å². The lowest BCUT2D eigenvalue weighted by molar-refractivity contribution is 0.0892. The number of aliphatic hydroxyl groups is 1. The zero-order chi connectivity index (χ0) is 11.2. The molecule has 0 aliphatic heterocycles. The summed E-state index contributed by atoms with van der Waals surface area (Å²) in [7, 11) is 0. The van der Waals surface area contributed by atoms with Crippen molar-refractivity contribution in [1.82, 2.24) is 0 Å². The quantitative estimate of drug-likeness (QED) is 0.658. The lowest BCUT2D eigenvalue weighted by Crippen LogP contribution is -2.21. The molecule has 0 aromatic rings. The average molecular weight is 200 g/mol. The molecule has 0 aromatic carbocycles. The first kappa shape index (κ1) is 14.0. The zero-order valence-electron chi connectivity index (χ0n) is 10.6. The van der Waals surface area contributed by atoms with Crippen LogP contribution < -0.4 is 0 Å². The Morgan fingerprint density at radius 1 is 1.21 bits per heavy atom. The molecule has 0 heterocycles. The summed E-state index contributed by atoms with van der Waals surface area (Å²) >= 11 is 0. The standard InChI is InChI=1S/C13H28O/c1-6-8-11(3)9-12(14)10-13(4,5)7-2/h11-12,14H,6-10H2,1-5H3. The highest BCUT2D eigenvalue weighted by Crippen LogP contribution is 2.28. The minimum atomic E-state index is -0.105. The lowest BCUT2D eigenvalue weighted by atomic mass is 9.82. The number of hydrogen-bond donors (Lipinski definition) is 1. The second kappa shape index (κ2) is 6.44. The van der Waals surface area contributed by atoms with Crippen molar-refractivity contribution < 1.29 is 5.11 Å². The van der Waals surface area contributed by atoms with Crippen LogP contribution in [0.3, 0.4) is 0 Å². The van der Waals surface area contributed by atoms with Gasteiger partial charge in [-0.05, 0) is 24.2 Å². The fourth-order valence-corrected chi connectivity index (χ4v) is 1.94. The molecule has 0 rings (SSSR count). The van der Waals surface area contributed by atoms with Crippen molar-refractivity contribution in [2.75, 3.05) is 0 Å². The van der Waals surface area contributed by atoms with Gasteiger partial charge in [0, 0.05) is 0 Å². The molecule has 0 aliphatic carbocycles. The lowest BCUT2D eigenvalue weighted by Gasteiger charge is -2.27.